The molecule has 2 aromatic heterocycles. The van der Waals surface area contributed by atoms with E-state index >= 15 is 0 Å². The largest absolute Gasteiger partial charge is 0.342 e. The molecule has 2 fully saturated rings. The third-order valence-electron chi connectivity index (χ3n) is 5.55. The maximum absolute atomic E-state index is 12.6. The summed E-state index contributed by atoms with van der Waals surface area (Å²) in [4.78, 5) is 31.5. The van der Waals surface area contributed by atoms with Crippen molar-refractivity contribution in [3.63, 3.8) is 0 Å². The van der Waals surface area contributed by atoms with Crippen molar-refractivity contribution in [2.45, 2.75) is 51.4 Å². The van der Waals surface area contributed by atoms with E-state index in [2.05, 4.69) is 24.8 Å². The van der Waals surface area contributed by atoms with E-state index in [1.54, 1.807) is 12.4 Å². The van der Waals surface area contributed by atoms with Gasteiger partial charge in [0.15, 0.2) is 5.82 Å². The average molecular weight is 339 g/mol. The van der Waals surface area contributed by atoms with Crippen LogP contribution in [-0.4, -0.2) is 43.8 Å². The summed E-state index contributed by atoms with van der Waals surface area (Å²) in [5.74, 6) is 1.76. The Labute approximate surface area is 148 Å². The number of carbonyl (C=O) groups excluding carboxylic acids is 1. The SMILES string of the molecule is Cc1cnc(-c2nccnc2C2CCN(C(=O)C3CCCC3)CC2)[nH]1. The van der Waals surface area contributed by atoms with Crippen molar-refractivity contribution >= 4 is 5.91 Å². The van der Waals surface area contributed by atoms with Gasteiger partial charge in [-0.2, -0.15) is 0 Å². The molecule has 1 saturated carbocycles. The number of hydrogen-bond acceptors (Lipinski definition) is 4. The van der Waals surface area contributed by atoms with Crippen LogP contribution in [0.15, 0.2) is 18.6 Å². The lowest BCUT2D eigenvalue weighted by molar-refractivity contribution is -0.136. The van der Waals surface area contributed by atoms with Crippen LogP contribution in [0.2, 0.25) is 0 Å². The van der Waals surface area contributed by atoms with Crippen LogP contribution in [0.3, 0.4) is 0 Å². The van der Waals surface area contributed by atoms with Gasteiger partial charge in [-0.1, -0.05) is 12.8 Å². The van der Waals surface area contributed by atoms with Gasteiger partial charge >= 0.3 is 0 Å². The number of amides is 1. The molecular formula is C19H25N5O. The molecule has 0 aromatic carbocycles. The minimum atomic E-state index is 0.273. The molecule has 6 heteroatoms. The minimum absolute atomic E-state index is 0.273. The first kappa shape index (κ1) is 16.2. The average Bonchev–Trinajstić information content (AvgIpc) is 3.33. The van der Waals surface area contributed by atoms with Gasteiger partial charge in [0.1, 0.15) is 5.69 Å². The Morgan fingerprint density at radius 3 is 2.48 bits per heavy atom. The minimum Gasteiger partial charge on any atom is -0.342 e. The highest BCUT2D eigenvalue weighted by molar-refractivity contribution is 5.79. The number of likely N-dealkylation sites (tertiary alicyclic amines) is 1. The fraction of sp³-hybridized carbons (Fsp3) is 0.579. The molecule has 4 rings (SSSR count). The van der Waals surface area contributed by atoms with E-state index in [1.165, 1.54) is 12.8 Å². The van der Waals surface area contributed by atoms with E-state index in [0.29, 0.717) is 11.8 Å². The molecule has 1 saturated heterocycles. The van der Waals surface area contributed by atoms with Crippen molar-refractivity contribution < 1.29 is 4.79 Å². The number of aromatic nitrogens is 4. The first-order chi connectivity index (χ1) is 12.2. The second-order valence-corrected chi connectivity index (χ2v) is 7.29. The summed E-state index contributed by atoms with van der Waals surface area (Å²) < 4.78 is 0. The highest BCUT2D eigenvalue weighted by Crippen LogP contribution is 2.33. The van der Waals surface area contributed by atoms with Crippen LogP contribution >= 0.6 is 0 Å². The van der Waals surface area contributed by atoms with Gasteiger partial charge in [0, 0.05) is 49.2 Å². The number of aryl methyl sites for hydroxylation is 1. The predicted molar refractivity (Wildman–Crippen MR) is 94.9 cm³/mol. The molecule has 0 atom stereocenters. The molecule has 0 radical (unpaired) electrons. The second-order valence-electron chi connectivity index (χ2n) is 7.29. The third kappa shape index (κ3) is 3.30. The van der Waals surface area contributed by atoms with Crippen LogP contribution in [0.4, 0.5) is 0 Å². The van der Waals surface area contributed by atoms with Crippen LogP contribution in [0.1, 0.15) is 55.8 Å². The zero-order valence-corrected chi connectivity index (χ0v) is 14.7. The molecular weight excluding hydrogens is 314 g/mol. The normalized spacial score (nSPS) is 19.5. The van der Waals surface area contributed by atoms with Crippen molar-refractivity contribution in [2.24, 2.45) is 5.92 Å². The summed E-state index contributed by atoms with van der Waals surface area (Å²) in [7, 11) is 0. The summed E-state index contributed by atoms with van der Waals surface area (Å²) in [5, 5.41) is 0. The van der Waals surface area contributed by atoms with Crippen molar-refractivity contribution in [3.05, 3.63) is 30.0 Å². The van der Waals surface area contributed by atoms with Crippen LogP contribution in [0.25, 0.3) is 11.5 Å². The van der Waals surface area contributed by atoms with Crippen LogP contribution in [0.5, 0.6) is 0 Å². The maximum Gasteiger partial charge on any atom is 0.225 e. The fourth-order valence-corrected chi connectivity index (χ4v) is 4.17. The first-order valence-corrected chi connectivity index (χ1v) is 9.34. The van der Waals surface area contributed by atoms with Crippen LogP contribution < -0.4 is 0 Å². The van der Waals surface area contributed by atoms with Gasteiger partial charge in [0.05, 0.1) is 5.69 Å². The Hall–Kier alpha value is -2.24. The van der Waals surface area contributed by atoms with E-state index in [0.717, 1.165) is 61.7 Å². The predicted octanol–water partition coefficient (Wildman–Crippen LogP) is 3.07. The van der Waals surface area contributed by atoms with E-state index < -0.39 is 0 Å². The number of hydrogen-bond donors (Lipinski definition) is 1. The molecule has 0 unspecified atom stereocenters. The smallest absolute Gasteiger partial charge is 0.225 e. The van der Waals surface area contributed by atoms with Crippen molar-refractivity contribution in [1.29, 1.82) is 0 Å². The third-order valence-corrected chi connectivity index (χ3v) is 5.55. The number of aromatic amines is 1. The summed E-state index contributed by atoms with van der Waals surface area (Å²) in [6, 6.07) is 0. The lowest BCUT2D eigenvalue weighted by Crippen LogP contribution is -2.41. The number of nitrogens with one attached hydrogen (secondary N) is 1. The molecule has 0 bridgehead atoms. The highest BCUT2D eigenvalue weighted by Gasteiger charge is 2.31. The molecule has 1 N–H and O–H groups in total. The van der Waals surface area contributed by atoms with E-state index in [4.69, 9.17) is 0 Å². The zero-order chi connectivity index (χ0) is 17.2. The molecule has 6 nitrogen and oxygen atoms in total. The van der Waals surface area contributed by atoms with E-state index in [9.17, 15) is 4.79 Å². The quantitative estimate of drug-likeness (QED) is 0.932. The van der Waals surface area contributed by atoms with Gasteiger partial charge in [0.25, 0.3) is 0 Å². The summed E-state index contributed by atoms with van der Waals surface area (Å²) in [6.45, 7) is 3.64. The Balaban J connectivity index is 1.47. The summed E-state index contributed by atoms with van der Waals surface area (Å²) >= 11 is 0. The maximum atomic E-state index is 12.6. The monoisotopic (exact) mass is 339 g/mol. The van der Waals surface area contributed by atoms with Gasteiger partial charge < -0.3 is 9.88 Å². The van der Waals surface area contributed by atoms with Gasteiger partial charge in [-0.3, -0.25) is 9.78 Å². The van der Waals surface area contributed by atoms with Gasteiger partial charge in [-0.05, 0) is 32.6 Å². The summed E-state index contributed by atoms with van der Waals surface area (Å²) in [5.41, 5.74) is 2.87. The first-order valence-electron chi connectivity index (χ1n) is 9.34. The van der Waals surface area contributed by atoms with Crippen LogP contribution in [0, 0.1) is 12.8 Å². The number of imidazole rings is 1. The lowest BCUT2D eigenvalue weighted by Gasteiger charge is -2.33. The molecule has 0 spiro atoms. The Morgan fingerprint density at radius 1 is 1.08 bits per heavy atom. The number of rotatable bonds is 3. The molecule has 2 aromatic rings. The zero-order valence-electron chi connectivity index (χ0n) is 14.7. The number of carbonyl (C=O) groups is 1. The molecule has 1 amide bonds. The van der Waals surface area contributed by atoms with Crippen molar-refractivity contribution in [1.82, 2.24) is 24.8 Å². The van der Waals surface area contributed by atoms with E-state index in [-0.39, 0.29) is 5.92 Å². The fourth-order valence-electron chi connectivity index (χ4n) is 4.17. The van der Waals surface area contributed by atoms with E-state index in [1.807, 2.05) is 13.1 Å². The highest BCUT2D eigenvalue weighted by atomic mass is 16.2. The van der Waals surface area contributed by atoms with Gasteiger partial charge in [-0.15, -0.1) is 0 Å². The Kier molecular flexibility index (Phi) is 4.51. The second kappa shape index (κ2) is 6.94. The summed E-state index contributed by atoms with van der Waals surface area (Å²) in [6.07, 6.45) is 11.7. The molecule has 2 aliphatic rings. The number of piperidine rings is 1. The molecule has 1 aliphatic carbocycles. The topological polar surface area (TPSA) is 74.8 Å². The molecule has 25 heavy (non-hydrogen) atoms. The van der Waals surface area contributed by atoms with Gasteiger partial charge in [-0.25, -0.2) is 9.97 Å². The Morgan fingerprint density at radius 2 is 1.80 bits per heavy atom. The van der Waals surface area contributed by atoms with Crippen LogP contribution in [-0.2, 0) is 4.79 Å². The standard InChI is InChI=1S/C19H25N5O/c1-13-12-22-18(23-13)17-16(20-8-9-21-17)14-6-10-24(11-7-14)19(25)15-4-2-3-5-15/h8-9,12,14-15H,2-7,10-11H2,1H3,(H,22,23). The lowest BCUT2D eigenvalue weighted by atomic mass is 9.91. The number of H-pyrrole nitrogens is 1. The van der Waals surface area contributed by atoms with Crippen molar-refractivity contribution in [3.8, 4) is 11.5 Å². The van der Waals surface area contributed by atoms with Gasteiger partial charge in [0.2, 0.25) is 5.91 Å². The molecule has 3 heterocycles. The number of nitrogens with zero attached hydrogens (tertiary/aromatic N) is 4. The Bertz CT molecular complexity index is 742. The van der Waals surface area contributed by atoms with Crippen molar-refractivity contribution in [2.75, 3.05) is 13.1 Å². The molecule has 132 valence electrons. The molecule has 1 aliphatic heterocycles.